The SMILES string of the molecule is CCCCCCOC(=O)c1cc(OCc2cc(OCCCCCCOc3ccc(C=CC(=O)OCCCCC)cc3OC)cc(OCCCCCCOc3ccc(C=CC(=O)OCCCCC)cc3OC)c2)cc(OCc2cc(OCCCCCCOc3ccc(C=CC(=O)OCCCCC)cc3OC)cc(OCCCCCCOc3ccc(C=CC(=O)OCCCCC)cc3OC)c2)c1. The summed E-state index contributed by atoms with van der Waals surface area (Å²) in [5.41, 5.74) is 5.01. The fourth-order valence-corrected chi connectivity index (χ4v) is 14.0. The van der Waals surface area contributed by atoms with Crippen LogP contribution in [0.1, 0.15) is 284 Å². The van der Waals surface area contributed by atoms with Gasteiger partial charge in [-0.1, -0.05) is 130 Å². The first-order chi connectivity index (χ1) is 66.1. The number of benzene rings is 7. The molecule has 0 aromatic heterocycles. The van der Waals surface area contributed by atoms with E-state index in [9.17, 15) is 24.0 Å². The van der Waals surface area contributed by atoms with Crippen LogP contribution < -0.4 is 66.3 Å². The van der Waals surface area contributed by atoms with Gasteiger partial charge in [0.05, 0.1) is 120 Å². The molecular weight excluding hydrogens is 1720 g/mol. The Morgan fingerprint density at radius 2 is 0.430 bits per heavy atom. The molecule has 0 aliphatic carbocycles. The van der Waals surface area contributed by atoms with Gasteiger partial charge in [0.2, 0.25) is 0 Å². The minimum absolute atomic E-state index is 0.0911. The topological polar surface area (TPSA) is 261 Å². The largest absolute Gasteiger partial charge is 0.493 e. The van der Waals surface area contributed by atoms with Gasteiger partial charge in [-0.3, -0.25) is 0 Å². The van der Waals surface area contributed by atoms with E-state index in [-0.39, 0.29) is 49.3 Å². The van der Waals surface area contributed by atoms with Gasteiger partial charge >= 0.3 is 29.8 Å². The van der Waals surface area contributed by atoms with Crippen molar-refractivity contribution in [2.75, 3.05) is 114 Å². The van der Waals surface area contributed by atoms with Crippen molar-refractivity contribution < 1.29 is 114 Å². The Hall–Kier alpha value is -12.0. The molecule has 0 N–H and O–H groups in total. The third-order valence-electron chi connectivity index (χ3n) is 21.7. The lowest BCUT2D eigenvalue weighted by atomic mass is 10.1. The highest BCUT2D eigenvalue weighted by atomic mass is 16.6. The predicted octanol–water partition coefficient (Wildman–Crippen LogP) is 25.7. The van der Waals surface area contributed by atoms with Crippen LogP contribution in [-0.4, -0.2) is 144 Å². The van der Waals surface area contributed by atoms with Crippen molar-refractivity contribution in [3.05, 3.63) is 191 Å². The Morgan fingerprint density at radius 3 is 0.681 bits per heavy atom. The third kappa shape index (κ3) is 47.2. The van der Waals surface area contributed by atoms with Crippen molar-refractivity contribution in [3.8, 4) is 80.5 Å². The van der Waals surface area contributed by atoms with Gasteiger partial charge in [-0.2, -0.15) is 0 Å². The number of carbonyl (C=O) groups is 5. The summed E-state index contributed by atoms with van der Waals surface area (Å²) >= 11 is 0. The highest BCUT2D eigenvalue weighted by molar-refractivity contribution is 5.91. The van der Waals surface area contributed by atoms with Gasteiger partial charge in [0.15, 0.2) is 46.0 Å². The smallest absolute Gasteiger partial charge is 0.338 e. The standard InChI is InChI=1S/C111H150O24/c1-10-15-20-33-70-133-111(116)92-79-97(134-84-90-71-93(121-58-34-21-25-38-62-125-99-50-42-86(75-103(99)117-6)46-54-107(112)129-66-29-16-11-2)81-94(72-90)122-59-35-22-26-39-63-126-100-51-43-87(76-104(100)118-7)47-55-108(113)130-67-30-17-12-3)83-98(80-92)135-85-91-73-95(123-60-36-23-27-40-64-127-101-52-44-88(77-105(101)119-8)48-56-109(114)131-68-31-18-13-4)82-96(74-91)124-61-37-24-28-41-65-128-102-53-45-89(78-106(102)120-9)49-57-110(115)132-69-32-19-14-5/h42-57,71-83H,10-41,58-70,84-85H2,1-9H3. The summed E-state index contributed by atoms with van der Waals surface area (Å²) in [5, 5.41) is 0. The number of methoxy groups -OCH3 is 4. The Morgan fingerprint density at radius 1 is 0.215 bits per heavy atom. The summed E-state index contributed by atoms with van der Waals surface area (Å²) in [6.45, 7) is 16.4. The van der Waals surface area contributed by atoms with Crippen LogP contribution >= 0.6 is 0 Å². The second-order valence-electron chi connectivity index (χ2n) is 33.0. The number of ether oxygens (including phenoxy) is 19. The van der Waals surface area contributed by atoms with Gasteiger partial charge in [-0.05, 0) is 277 Å². The maximum Gasteiger partial charge on any atom is 0.338 e. The normalized spacial score (nSPS) is 11.2. The van der Waals surface area contributed by atoms with Gasteiger partial charge in [0, 0.05) is 42.5 Å². The number of carbonyl (C=O) groups excluding carboxylic acids is 5. The molecule has 7 aromatic rings. The van der Waals surface area contributed by atoms with Crippen molar-refractivity contribution in [2.24, 2.45) is 0 Å². The first kappa shape index (κ1) is 110. The van der Waals surface area contributed by atoms with Gasteiger partial charge < -0.3 is 90.0 Å². The molecule has 0 saturated carbocycles. The fourth-order valence-electron chi connectivity index (χ4n) is 14.0. The number of esters is 5. The maximum absolute atomic E-state index is 14.1. The quantitative estimate of drug-likeness (QED) is 0.0148. The van der Waals surface area contributed by atoms with E-state index >= 15 is 0 Å². The first-order valence-corrected chi connectivity index (χ1v) is 49.1. The van der Waals surface area contributed by atoms with Crippen LogP contribution in [0.25, 0.3) is 24.3 Å². The lowest BCUT2D eigenvalue weighted by Crippen LogP contribution is -2.08. The molecule has 0 heterocycles. The molecule has 24 nitrogen and oxygen atoms in total. The van der Waals surface area contributed by atoms with Gasteiger partial charge in [-0.25, -0.2) is 24.0 Å². The second kappa shape index (κ2) is 69.0. The van der Waals surface area contributed by atoms with E-state index < -0.39 is 5.97 Å². The van der Waals surface area contributed by atoms with Gasteiger partial charge in [0.25, 0.3) is 0 Å². The molecule has 738 valence electrons. The molecule has 0 aliphatic rings. The van der Waals surface area contributed by atoms with Crippen molar-refractivity contribution in [2.45, 2.75) is 253 Å². The summed E-state index contributed by atoms with van der Waals surface area (Å²) in [7, 11) is 6.39. The van der Waals surface area contributed by atoms with Crippen LogP contribution in [0.2, 0.25) is 0 Å². The van der Waals surface area contributed by atoms with E-state index in [0.717, 1.165) is 239 Å². The molecule has 24 heteroatoms. The van der Waals surface area contributed by atoms with Crippen molar-refractivity contribution in [3.63, 3.8) is 0 Å². The minimum atomic E-state index is -0.495. The zero-order valence-corrected chi connectivity index (χ0v) is 81.8. The average Bonchev–Trinajstić information content (AvgIpc) is 0.832. The summed E-state index contributed by atoms with van der Waals surface area (Å²) in [5.74, 6) is 6.06. The highest BCUT2D eigenvalue weighted by Gasteiger charge is 2.18. The Labute approximate surface area is 802 Å². The van der Waals surface area contributed by atoms with Crippen LogP contribution in [0.3, 0.4) is 0 Å². The summed E-state index contributed by atoms with van der Waals surface area (Å²) in [6, 6.07) is 39.0. The molecule has 7 aromatic carbocycles. The van der Waals surface area contributed by atoms with Crippen LogP contribution in [0.5, 0.6) is 80.5 Å². The highest BCUT2D eigenvalue weighted by Crippen LogP contribution is 2.36. The number of hydrogen-bond acceptors (Lipinski definition) is 24. The Kier molecular flexibility index (Phi) is 56.2. The molecule has 0 amide bonds. The van der Waals surface area contributed by atoms with Gasteiger partial charge in [0.1, 0.15) is 47.7 Å². The molecule has 7 rings (SSSR count). The minimum Gasteiger partial charge on any atom is -0.493 e. The fraction of sp³-hybridized carbons (Fsp3) is 0.505. The van der Waals surface area contributed by atoms with Crippen LogP contribution in [-0.2, 0) is 56.1 Å². The van der Waals surface area contributed by atoms with Crippen LogP contribution in [0.4, 0.5) is 0 Å². The van der Waals surface area contributed by atoms with E-state index in [0.29, 0.717) is 160 Å². The molecule has 0 atom stereocenters. The second-order valence-corrected chi connectivity index (χ2v) is 33.0. The van der Waals surface area contributed by atoms with E-state index in [1.54, 1.807) is 70.9 Å². The molecule has 135 heavy (non-hydrogen) atoms. The van der Waals surface area contributed by atoms with E-state index in [1.165, 1.54) is 24.3 Å². The molecular formula is C111H150O24. The molecule has 0 fully saturated rings. The van der Waals surface area contributed by atoms with Crippen molar-refractivity contribution >= 4 is 54.2 Å². The summed E-state index contributed by atoms with van der Waals surface area (Å²) in [4.78, 5) is 63.1. The van der Waals surface area contributed by atoms with Crippen molar-refractivity contribution in [1.82, 2.24) is 0 Å². The zero-order valence-electron chi connectivity index (χ0n) is 81.8. The lowest BCUT2D eigenvalue weighted by molar-refractivity contribution is -0.138. The number of hydrogen-bond donors (Lipinski definition) is 0. The van der Waals surface area contributed by atoms with E-state index in [4.69, 9.17) is 90.0 Å². The summed E-state index contributed by atoms with van der Waals surface area (Å²) in [6.07, 6.45) is 41.6. The Balaban J connectivity index is 1.01. The van der Waals surface area contributed by atoms with E-state index in [1.807, 2.05) is 109 Å². The zero-order chi connectivity index (χ0) is 96.2. The van der Waals surface area contributed by atoms with Crippen LogP contribution in [0, 0.1) is 0 Å². The molecule has 0 aliphatic heterocycles. The lowest BCUT2D eigenvalue weighted by Gasteiger charge is -2.16. The molecule has 0 spiro atoms. The Bertz CT molecular complexity index is 4150. The molecule has 0 radical (unpaired) electrons. The molecule has 0 saturated heterocycles. The predicted molar refractivity (Wildman–Crippen MR) is 530 cm³/mol. The number of unbranched alkanes of at least 4 members (excludes halogenated alkanes) is 23. The molecule has 0 bridgehead atoms. The number of rotatable bonds is 76. The molecule has 0 unspecified atom stereocenters. The van der Waals surface area contributed by atoms with Crippen LogP contribution in [0.15, 0.2) is 152 Å². The van der Waals surface area contributed by atoms with Crippen molar-refractivity contribution in [1.29, 1.82) is 0 Å². The third-order valence-corrected chi connectivity index (χ3v) is 21.7. The van der Waals surface area contributed by atoms with Gasteiger partial charge in [-0.15, -0.1) is 0 Å². The summed E-state index contributed by atoms with van der Waals surface area (Å²) < 4.78 is 114. The first-order valence-electron chi connectivity index (χ1n) is 49.1. The van der Waals surface area contributed by atoms with E-state index in [2.05, 4.69) is 34.6 Å². The monoisotopic (exact) mass is 1870 g/mol. The average molecular weight is 1870 g/mol. The maximum atomic E-state index is 14.1.